The number of nitrogens with one attached hydrogen (secondary N) is 3. The van der Waals surface area contributed by atoms with Gasteiger partial charge >= 0.3 is 0 Å². The molecular weight excluding hydrogens is 313 g/mol. The maximum absolute atomic E-state index is 12.0. The Balaban J connectivity index is 1.89. The van der Waals surface area contributed by atoms with Crippen molar-refractivity contribution in [3.63, 3.8) is 0 Å². The van der Waals surface area contributed by atoms with E-state index in [0.29, 0.717) is 29.7 Å². The van der Waals surface area contributed by atoms with Crippen molar-refractivity contribution in [1.29, 1.82) is 0 Å². The number of halogens is 2. The van der Waals surface area contributed by atoms with Crippen molar-refractivity contribution in [3.05, 3.63) is 33.8 Å². The molecule has 0 aromatic heterocycles. The first-order valence-electron chi connectivity index (χ1n) is 6.80. The van der Waals surface area contributed by atoms with E-state index in [4.69, 9.17) is 23.2 Å². The molecule has 1 aliphatic rings. The van der Waals surface area contributed by atoms with Crippen LogP contribution >= 0.6 is 23.2 Å². The molecule has 0 spiro atoms. The van der Waals surface area contributed by atoms with Gasteiger partial charge in [0.05, 0.1) is 29.2 Å². The van der Waals surface area contributed by atoms with Crippen molar-refractivity contribution >= 4 is 35.0 Å². The molecule has 7 heteroatoms. The van der Waals surface area contributed by atoms with Crippen molar-refractivity contribution in [3.8, 4) is 0 Å². The number of piperazine rings is 1. The fourth-order valence-electron chi connectivity index (χ4n) is 2.29. The Kier molecular flexibility index (Phi) is 5.45. The van der Waals surface area contributed by atoms with Gasteiger partial charge in [0.1, 0.15) is 0 Å². The van der Waals surface area contributed by atoms with Gasteiger partial charge in [-0.1, -0.05) is 29.3 Å². The lowest BCUT2D eigenvalue weighted by atomic mass is 10.1. The van der Waals surface area contributed by atoms with Crippen LogP contribution in [-0.2, 0) is 9.59 Å². The number of amides is 2. The molecule has 3 N–H and O–H groups in total. The van der Waals surface area contributed by atoms with E-state index in [1.165, 1.54) is 0 Å². The Labute approximate surface area is 133 Å². The lowest BCUT2D eigenvalue weighted by molar-refractivity contribution is -0.885. The van der Waals surface area contributed by atoms with Gasteiger partial charge < -0.3 is 15.5 Å². The summed E-state index contributed by atoms with van der Waals surface area (Å²) in [5, 5.41) is 6.61. The molecule has 1 heterocycles. The number of rotatable bonds is 4. The van der Waals surface area contributed by atoms with Gasteiger partial charge in [-0.05, 0) is 24.6 Å². The molecule has 0 saturated carbocycles. The third kappa shape index (κ3) is 4.59. The van der Waals surface area contributed by atoms with E-state index >= 15 is 0 Å². The maximum atomic E-state index is 12.0. The van der Waals surface area contributed by atoms with E-state index in [0.717, 1.165) is 17.0 Å². The lowest BCUT2D eigenvalue weighted by Crippen LogP contribution is -3.16. The highest BCUT2D eigenvalue weighted by Crippen LogP contribution is 2.25. The van der Waals surface area contributed by atoms with Crippen molar-refractivity contribution in [2.75, 3.05) is 26.2 Å². The second-order valence-electron chi connectivity index (χ2n) is 5.17. The van der Waals surface area contributed by atoms with Crippen LogP contribution in [0.15, 0.2) is 18.2 Å². The molecule has 1 aromatic rings. The van der Waals surface area contributed by atoms with Gasteiger partial charge in [0.15, 0.2) is 13.1 Å². The van der Waals surface area contributed by atoms with Crippen LogP contribution in [0.5, 0.6) is 0 Å². The topological polar surface area (TPSA) is 62.6 Å². The number of carbonyl (C=O) groups excluding carboxylic acids is 2. The number of hydrogen-bond acceptors (Lipinski definition) is 2. The van der Waals surface area contributed by atoms with Gasteiger partial charge in [0.25, 0.3) is 11.8 Å². The number of carbonyl (C=O) groups is 2. The van der Waals surface area contributed by atoms with Crippen molar-refractivity contribution < 1.29 is 14.5 Å². The predicted molar refractivity (Wildman–Crippen MR) is 81.6 cm³/mol. The summed E-state index contributed by atoms with van der Waals surface area (Å²) >= 11 is 11.8. The van der Waals surface area contributed by atoms with Gasteiger partial charge in [0, 0.05) is 0 Å². The number of benzene rings is 1. The summed E-state index contributed by atoms with van der Waals surface area (Å²) in [7, 11) is 0. The standard InChI is InChI=1S/C14H17Cl2N3O2/c1-9(10-2-3-11(15)12(16)6-10)18-14(21)8-19-5-4-17-13(20)7-19/h2-3,6,9H,4-5,7-8H2,1H3,(H,17,20)(H,18,21)/p+1/t9-/m0/s1. The van der Waals surface area contributed by atoms with E-state index in [-0.39, 0.29) is 17.9 Å². The molecule has 1 aromatic carbocycles. The molecule has 1 unspecified atom stereocenters. The van der Waals surface area contributed by atoms with Crippen molar-refractivity contribution in [2.24, 2.45) is 0 Å². The zero-order valence-corrected chi connectivity index (χ0v) is 13.2. The zero-order valence-electron chi connectivity index (χ0n) is 11.7. The first kappa shape index (κ1) is 16.1. The van der Waals surface area contributed by atoms with Crippen LogP contribution in [0, 0.1) is 0 Å². The monoisotopic (exact) mass is 330 g/mol. The summed E-state index contributed by atoms with van der Waals surface area (Å²) in [5.74, 6) is -0.0974. The summed E-state index contributed by atoms with van der Waals surface area (Å²) in [5.41, 5.74) is 0.893. The Morgan fingerprint density at radius 3 is 2.86 bits per heavy atom. The number of hydrogen-bond donors (Lipinski definition) is 3. The molecule has 2 amide bonds. The number of quaternary nitrogens is 1. The average Bonchev–Trinajstić information content (AvgIpc) is 2.41. The molecular formula is C14H18Cl2N3O2+. The molecule has 0 aliphatic carbocycles. The van der Waals surface area contributed by atoms with E-state index in [2.05, 4.69) is 10.6 Å². The van der Waals surface area contributed by atoms with Crippen LogP contribution in [0.2, 0.25) is 10.0 Å². The zero-order chi connectivity index (χ0) is 15.4. The minimum atomic E-state index is -0.162. The smallest absolute Gasteiger partial charge is 0.275 e. The maximum Gasteiger partial charge on any atom is 0.275 e. The van der Waals surface area contributed by atoms with E-state index in [1.807, 2.05) is 13.0 Å². The predicted octanol–water partition coefficient (Wildman–Crippen LogP) is 0.185. The third-order valence-electron chi connectivity index (χ3n) is 3.44. The Morgan fingerprint density at radius 2 is 2.19 bits per heavy atom. The molecule has 1 saturated heterocycles. The van der Waals surface area contributed by atoms with E-state index in [9.17, 15) is 9.59 Å². The molecule has 5 nitrogen and oxygen atoms in total. The Hall–Kier alpha value is -1.30. The normalized spacial score (nSPS) is 19.8. The largest absolute Gasteiger partial charge is 0.346 e. The van der Waals surface area contributed by atoms with Gasteiger partial charge in [-0.15, -0.1) is 0 Å². The average molecular weight is 331 g/mol. The van der Waals surface area contributed by atoms with Crippen molar-refractivity contribution in [1.82, 2.24) is 10.6 Å². The fourth-order valence-corrected chi connectivity index (χ4v) is 2.60. The minimum Gasteiger partial charge on any atom is -0.346 e. The molecule has 1 fully saturated rings. The second-order valence-corrected chi connectivity index (χ2v) is 5.98. The fraction of sp³-hybridized carbons (Fsp3) is 0.429. The molecule has 0 bridgehead atoms. The quantitative estimate of drug-likeness (QED) is 0.737. The van der Waals surface area contributed by atoms with Gasteiger partial charge in [0.2, 0.25) is 0 Å². The van der Waals surface area contributed by atoms with E-state index in [1.54, 1.807) is 12.1 Å². The van der Waals surface area contributed by atoms with Crippen molar-refractivity contribution in [2.45, 2.75) is 13.0 Å². The second kappa shape index (κ2) is 7.11. The summed E-state index contributed by atoms with van der Waals surface area (Å²) in [4.78, 5) is 24.3. The van der Waals surface area contributed by atoms with Gasteiger partial charge in [-0.25, -0.2) is 0 Å². The SMILES string of the molecule is C[C@H](NC(=O)C[NH+]1CCNC(=O)C1)c1ccc(Cl)c(Cl)c1. The lowest BCUT2D eigenvalue weighted by Gasteiger charge is -2.24. The van der Waals surface area contributed by atoms with Gasteiger partial charge in [-0.2, -0.15) is 0 Å². The summed E-state index contributed by atoms with van der Waals surface area (Å²) in [6.45, 7) is 3.90. The Bertz CT molecular complexity index is 551. The third-order valence-corrected chi connectivity index (χ3v) is 4.18. The van der Waals surface area contributed by atoms with Crippen LogP contribution in [0.3, 0.4) is 0 Å². The van der Waals surface area contributed by atoms with Gasteiger partial charge in [-0.3, -0.25) is 9.59 Å². The molecule has 114 valence electrons. The first-order chi connectivity index (χ1) is 9.95. The summed E-state index contributed by atoms with van der Waals surface area (Å²) in [6.07, 6.45) is 0. The molecule has 0 radical (unpaired) electrons. The highest BCUT2D eigenvalue weighted by atomic mass is 35.5. The molecule has 2 atom stereocenters. The molecule has 21 heavy (non-hydrogen) atoms. The van der Waals surface area contributed by atoms with Crippen LogP contribution in [-0.4, -0.2) is 38.0 Å². The summed E-state index contributed by atoms with van der Waals surface area (Å²) < 4.78 is 0. The van der Waals surface area contributed by atoms with E-state index < -0.39 is 0 Å². The summed E-state index contributed by atoms with van der Waals surface area (Å²) in [6, 6.07) is 5.13. The minimum absolute atomic E-state index is 0.0124. The highest BCUT2D eigenvalue weighted by molar-refractivity contribution is 6.42. The van der Waals surface area contributed by atoms with Crippen LogP contribution in [0.4, 0.5) is 0 Å². The Morgan fingerprint density at radius 1 is 1.43 bits per heavy atom. The molecule has 2 rings (SSSR count). The first-order valence-corrected chi connectivity index (χ1v) is 7.56. The van der Waals surface area contributed by atoms with Crippen LogP contribution in [0.25, 0.3) is 0 Å². The highest BCUT2D eigenvalue weighted by Gasteiger charge is 2.22. The van der Waals surface area contributed by atoms with Crippen LogP contribution in [0.1, 0.15) is 18.5 Å². The molecule has 1 aliphatic heterocycles. The van der Waals surface area contributed by atoms with Crippen LogP contribution < -0.4 is 15.5 Å².